The molecule has 1 aromatic heterocycles. The van der Waals surface area contributed by atoms with Crippen LogP contribution in [-0.4, -0.2) is 27.7 Å². The summed E-state index contributed by atoms with van der Waals surface area (Å²) >= 11 is 1.40. The third-order valence-corrected chi connectivity index (χ3v) is 6.41. The van der Waals surface area contributed by atoms with Crippen LogP contribution in [0.5, 0.6) is 0 Å². The molecule has 1 aromatic carbocycles. The SMILES string of the molecule is O=C(Nc1nccs1)C(CC1CCCCCC1)N1Cc2ccccc2C1=O. The van der Waals surface area contributed by atoms with E-state index in [0.29, 0.717) is 17.6 Å². The number of carbonyl (C=O) groups is 2. The van der Waals surface area contributed by atoms with Crippen LogP contribution in [-0.2, 0) is 11.3 Å². The van der Waals surface area contributed by atoms with E-state index in [1.165, 1.54) is 37.0 Å². The van der Waals surface area contributed by atoms with E-state index in [4.69, 9.17) is 0 Å². The fourth-order valence-corrected chi connectivity index (χ4v) is 4.83. The van der Waals surface area contributed by atoms with Gasteiger partial charge < -0.3 is 10.2 Å². The summed E-state index contributed by atoms with van der Waals surface area (Å²) in [6.07, 6.45) is 9.71. The lowest BCUT2D eigenvalue weighted by atomic mass is 9.91. The maximum absolute atomic E-state index is 13.1. The normalized spacial score (nSPS) is 18.8. The quantitative estimate of drug-likeness (QED) is 0.775. The molecule has 1 aliphatic heterocycles. The summed E-state index contributed by atoms with van der Waals surface area (Å²) in [6.45, 7) is 0.512. The maximum atomic E-state index is 13.1. The van der Waals surface area contributed by atoms with Crippen LogP contribution < -0.4 is 5.32 Å². The first-order chi connectivity index (χ1) is 13.2. The van der Waals surface area contributed by atoms with Gasteiger partial charge in [-0.1, -0.05) is 56.7 Å². The molecule has 2 heterocycles. The fourth-order valence-electron chi connectivity index (χ4n) is 4.29. The van der Waals surface area contributed by atoms with Gasteiger partial charge in [0.2, 0.25) is 5.91 Å². The summed E-state index contributed by atoms with van der Waals surface area (Å²) in [6, 6.07) is 7.23. The summed E-state index contributed by atoms with van der Waals surface area (Å²) in [5, 5.41) is 5.36. The van der Waals surface area contributed by atoms with Gasteiger partial charge in [-0.2, -0.15) is 0 Å². The van der Waals surface area contributed by atoms with Crippen molar-refractivity contribution < 1.29 is 9.59 Å². The number of thiazole rings is 1. The van der Waals surface area contributed by atoms with Gasteiger partial charge in [0.25, 0.3) is 5.91 Å². The first-order valence-electron chi connectivity index (χ1n) is 9.81. The standard InChI is InChI=1S/C21H25N3O2S/c25-19(23-21-22-11-12-27-21)18(13-15-7-3-1-2-4-8-15)24-14-16-9-5-6-10-17(16)20(24)26/h5-6,9-12,15,18H,1-4,7-8,13-14H2,(H,22,23,25). The summed E-state index contributed by atoms with van der Waals surface area (Å²) in [5.74, 6) is 0.352. The van der Waals surface area contributed by atoms with Crippen molar-refractivity contribution >= 4 is 28.3 Å². The van der Waals surface area contributed by atoms with Gasteiger partial charge >= 0.3 is 0 Å². The molecule has 1 aliphatic carbocycles. The van der Waals surface area contributed by atoms with Crippen LogP contribution >= 0.6 is 11.3 Å². The molecule has 0 spiro atoms. The van der Waals surface area contributed by atoms with Crippen molar-refractivity contribution in [2.45, 2.75) is 57.5 Å². The molecule has 1 atom stereocenters. The minimum absolute atomic E-state index is 0.0292. The number of hydrogen-bond acceptors (Lipinski definition) is 4. The van der Waals surface area contributed by atoms with E-state index in [-0.39, 0.29) is 11.8 Å². The second kappa shape index (κ2) is 8.21. The van der Waals surface area contributed by atoms with E-state index >= 15 is 0 Å². The molecule has 27 heavy (non-hydrogen) atoms. The largest absolute Gasteiger partial charge is 0.322 e. The Balaban J connectivity index is 1.55. The van der Waals surface area contributed by atoms with Crippen molar-refractivity contribution in [3.05, 3.63) is 47.0 Å². The van der Waals surface area contributed by atoms with Crippen molar-refractivity contribution in [3.8, 4) is 0 Å². The zero-order valence-electron chi connectivity index (χ0n) is 15.4. The number of anilines is 1. The molecule has 0 radical (unpaired) electrons. The molecule has 1 fully saturated rings. The third kappa shape index (κ3) is 4.05. The van der Waals surface area contributed by atoms with Crippen LogP contribution in [0, 0.1) is 5.92 Å². The third-order valence-electron chi connectivity index (χ3n) is 5.72. The van der Waals surface area contributed by atoms with Crippen molar-refractivity contribution in [3.63, 3.8) is 0 Å². The minimum Gasteiger partial charge on any atom is -0.322 e. The Kier molecular flexibility index (Phi) is 5.53. The molecule has 1 N–H and O–H groups in total. The van der Waals surface area contributed by atoms with Gasteiger partial charge in [0.1, 0.15) is 6.04 Å². The Labute approximate surface area is 163 Å². The zero-order valence-corrected chi connectivity index (χ0v) is 16.2. The van der Waals surface area contributed by atoms with E-state index < -0.39 is 6.04 Å². The molecule has 1 unspecified atom stereocenters. The van der Waals surface area contributed by atoms with Crippen LogP contribution in [0.1, 0.15) is 60.9 Å². The van der Waals surface area contributed by atoms with Gasteiger partial charge in [-0.3, -0.25) is 9.59 Å². The highest BCUT2D eigenvalue weighted by Crippen LogP contribution is 2.32. The minimum atomic E-state index is -0.447. The number of benzene rings is 1. The molecular weight excluding hydrogens is 358 g/mol. The zero-order chi connectivity index (χ0) is 18.6. The molecule has 0 saturated heterocycles. The molecule has 142 valence electrons. The van der Waals surface area contributed by atoms with Crippen molar-refractivity contribution in [1.29, 1.82) is 0 Å². The Hall–Kier alpha value is -2.21. The van der Waals surface area contributed by atoms with Gasteiger partial charge in [0.15, 0.2) is 5.13 Å². The summed E-state index contributed by atoms with van der Waals surface area (Å²) in [5.41, 5.74) is 1.74. The molecule has 6 heteroatoms. The van der Waals surface area contributed by atoms with Crippen molar-refractivity contribution in [2.75, 3.05) is 5.32 Å². The average molecular weight is 384 g/mol. The Morgan fingerprint density at radius 2 is 2.00 bits per heavy atom. The molecule has 4 rings (SSSR count). The second-order valence-electron chi connectivity index (χ2n) is 7.53. The van der Waals surface area contributed by atoms with Gasteiger partial charge in [-0.15, -0.1) is 11.3 Å². The van der Waals surface area contributed by atoms with E-state index in [9.17, 15) is 9.59 Å². The monoisotopic (exact) mass is 383 g/mol. The smallest absolute Gasteiger partial charge is 0.255 e. The van der Waals surface area contributed by atoms with Crippen LogP contribution in [0.2, 0.25) is 0 Å². The van der Waals surface area contributed by atoms with Crippen LogP contribution in [0.4, 0.5) is 5.13 Å². The second-order valence-corrected chi connectivity index (χ2v) is 8.42. The summed E-state index contributed by atoms with van der Waals surface area (Å²) in [4.78, 5) is 32.0. The molecule has 0 bridgehead atoms. The van der Waals surface area contributed by atoms with Crippen molar-refractivity contribution in [2.24, 2.45) is 5.92 Å². The molecule has 1 saturated carbocycles. The number of fused-ring (bicyclic) bond motifs is 1. The summed E-state index contributed by atoms with van der Waals surface area (Å²) in [7, 11) is 0. The van der Waals surface area contributed by atoms with E-state index in [0.717, 1.165) is 30.4 Å². The maximum Gasteiger partial charge on any atom is 0.255 e. The number of aromatic nitrogens is 1. The van der Waals surface area contributed by atoms with E-state index in [2.05, 4.69) is 10.3 Å². The van der Waals surface area contributed by atoms with Crippen molar-refractivity contribution in [1.82, 2.24) is 9.88 Å². The number of carbonyl (C=O) groups excluding carboxylic acids is 2. The first-order valence-corrected chi connectivity index (χ1v) is 10.7. The Bertz CT molecular complexity index is 798. The lowest BCUT2D eigenvalue weighted by Gasteiger charge is -2.29. The highest BCUT2D eigenvalue weighted by Gasteiger charge is 2.37. The highest BCUT2D eigenvalue weighted by atomic mass is 32.1. The molecule has 5 nitrogen and oxygen atoms in total. The van der Waals surface area contributed by atoms with Gasteiger partial charge in [-0.25, -0.2) is 4.98 Å². The highest BCUT2D eigenvalue weighted by molar-refractivity contribution is 7.13. The van der Waals surface area contributed by atoms with Crippen LogP contribution in [0.3, 0.4) is 0 Å². The molecular formula is C21H25N3O2S. The number of hydrogen-bond donors (Lipinski definition) is 1. The Morgan fingerprint density at radius 3 is 2.70 bits per heavy atom. The lowest BCUT2D eigenvalue weighted by Crippen LogP contribution is -2.45. The first kappa shape index (κ1) is 18.2. The number of rotatable bonds is 5. The molecule has 2 aliphatic rings. The topological polar surface area (TPSA) is 62.3 Å². The lowest BCUT2D eigenvalue weighted by molar-refractivity contribution is -0.121. The van der Waals surface area contributed by atoms with Crippen LogP contribution in [0.25, 0.3) is 0 Å². The average Bonchev–Trinajstić information content (AvgIpc) is 3.21. The number of nitrogens with zero attached hydrogens (tertiary/aromatic N) is 2. The van der Waals surface area contributed by atoms with Gasteiger partial charge in [-0.05, 0) is 24.0 Å². The Morgan fingerprint density at radius 1 is 1.22 bits per heavy atom. The molecule has 2 aromatic rings. The predicted octanol–water partition coefficient (Wildman–Crippen LogP) is 4.47. The number of nitrogens with one attached hydrogen (secondary N) is 1. The van der Waals surface area contributed by atoms with Gasteiger partial charge in [0, 0.05) is 23.7 Å². The summed E-state index contributed by atoms with van der Waals surface area (Å²) < 4.78 is 0. The van der Waals surface area contributed by atoms with Crippen LogP contribution in [0.15, 0.2) is 35.8 Å². The fraction of sp³-hybridized carbons (Fsp3) is 0.476. The van der Waals surface area contributed by atoms with E-state index in [1.54, 1.807) is 11.1 Å². The number of amides is 2. The predicted molar refractivity (Wildman–Crippen MR) is 107 cm³/mol. The van der Waals surface area contributed by atoms with E-state index in [1.807, 2.05) is 29.6 Å². The molecule has 2 amide bonds. The van der Waals surface area contributed by atoms with Gasteiger partial charge in [0.05, 0.1) is 0 Å².